The monoisotopic (exact) mass is 165 g/mol. The van der Waals surface area contributed by atoms with Gasteiger partial charge in [-0.2, -0.15) is 0 Å². The molecule has 0 bridgehead atoms. The third kappa shape index (κ3) is 1.53. The highest BCUT2D eigenvalue weighted by Gasteiger charge is 2.19. The fourth-order valence-electron chi connectivity index (χ4n) is 1.83. The summed E-state index contributed by atoms with van der Waals surface area (Å²) in [6, 6.07) is 2.57. The van der Waals surface area contributed by atoms with Gasteiger partial charge in [-0.3, -0.25) is 0 Å². The number of hydrogen-bond donors (Lipinski definition) is 1. The molecule has 1 saturated heterocycles. The van der Waals surface area contributed by atoms with Crippen molar-refractivity contribution in [3.8, 4) is 0 Å². The Labute approximate surface area is 73.0 Å². The van der Waals surface area contributed by atoms with Crippen molar-refractivity contribution in [2.24, 2.45) is 5.92 Å². The Morgan fingerprint density at radius 3 is 3.17 bits per heavy atom. The lowest BCUT2D eigenvalue weighted by Gasteiger charge is -2.27. The van der Waals surface area contributed by atoms with Gasteiger partial charge >= 0.3 is 0 Å². The SMILES string of the molecule is CC1CCNC(c2ccoc2)C1. The lowest BCUT2D eigenvalue weighted by Crippen LogP contribution is -2.30. The van der Waals surface area contributed by atoms with Gasteiger partial charge in [0.05, 0.1) is 12.5 Å². The first kappa shape index (κ1) is 7.87. The van der Waals surface area contributed by atoms with Crippen molar-refractivity contribution in [3.63, 3.8) is 0 Å². The van der Waals surface area contributed by atoms with E-state index in [2.05, 4.69) is 18.3 Å². The van der Waals surface area contributed by atoms with Gasteiger partial charge in [-0.15, -0.1) is 0 Å². The molecule has 0 aromatic carbocycles. The Kier molecular flexibility index (Phi) is 2.17. The molecule has 2 atom stereocenters. The van der Waals surface area contributed by atoms with E-state index < -0.39 is 0 Å². The van der Waals surface area contributed by atoms with Gasteiger partial charge in [0.2, 0.25) is 0 Å². The molecule has 1 aliphatic heterocycles. The highest BCUT2D eigenvalue weighted by atomic mass is 16.3. The fraction of sp³-hybridized carbons (Fsp3) is 0.600. The quantitative estimate of drug-likeness (QED) is 0.691. The van der Waals surface area contributed by atoms with E-state index >= 15 is 0 Å². The highest BCUT2D eigenvalue weighted by Crippen LogP contribution is 2.26. The summed E-state index contributed by atoms with van der Waals surface area (Å²) >= 11 is 0. The first-order valence-corrected chi connectivity index (χ1v) is 4.62. The zero-order chi connectivity index (χ0) is 8.39. The molecule has 1 aromatic heterocycles. The van der Waals surface area contributed by atoms with Crippen molar-refractivity contribution in [3.05, 3.63) is 24.2 Å². The molecule has 0 spiro atoms. The lowest BCUT2D eigenvalue weighted by atomic mass is 9.91. The predicted octanol–water partition coefficient (Wildman–Crippen LogP) is 2.34. The first-order valence-electron chi connectivity index (χ1n) is 4.62. The zero-order valence-corrected chi connectivity index (χ0v) is 7.42. The molecule has 2 unspecified atom stereocenters. The van der Waals surface area contributed by atoms with Crippen LogP contribution in [0.1, 0.15) is 31.4 Å². The molecule has 0 radical (unpaired) electrons. The van der Waals surface area contributed by atoms with Crippen LogP contribution in [0.25, 0.3) is 0 Å². The van der Waals surface area contributed by atoms with E-state index in [1.54, 1.807) is 6.26 Å². The van der Waals surface area contributed by atoms with Gasteiger partial charge in [0.25, 0.3) is 0 Å². The van der Waals surface area contributed by atoms with Crippen LogP contribution in [-0.2, 0) is 0 Å². The van der Waals surface area contributed by atoms with Gasteiger partial charge in [-0.1, -0.05) is 6.92 Å². The van der Waals surface area contributed by atoms with Crippen molar-refractivity contribution in [2.45, 2.75) is 25.8 Å². The van der Waals surface area contributed by atoms with E-state index in [-0.39, 0.29) is 0 Å². The van der Waals surface area contributed by atoms with Gasteiger partial charge in [-0.25, -0.2) is 0 Å². The summed E-state index contributed by atoms with van der Waals surface area (Å²) in [6.45, 7) is 3.45. The minimum atomic E-state index is 0.521. The topological polar surface area (TPSA) is 25.2 Å². The molecule has 0 aliphatic carbocycles. The molecule has 1 aromatic rings. The molecule has 2 heteroatoms. The molecule has 1 N–H and O–H groups in total. The fourth-order valence-corrected chi connectivity index (χ4v) is 1.83. The van der Waals surface area contributed by atoms with Gasteiger partial charge < -0.3 is 9.73 Å². The van der Waals surface area contributed by atoms with Crippen LogP contribution in [0.2, 0.25) is 0 Å². The van der Waals surface area contributed by atoms with E-state index in [0.29, 0.717) is 6.04 Å². The van der Waals surface area contributed by atoms with Gasteiger partial charge in [0.15, 0.2) is 0 Å². The summed E-state index contributed by atoms with van der Waals surface area (Å²) < 4.78 is 5.06. The average molecular weight is 165 g/mol. The van der Waals surface area contributed by atoms with E-state index in [4.69, 9.17) is 4.42 Å². The van der Waals surface area contributed by atoms with E-state index in [1.165, 1.54) is 18.4 Å². The maximum Gasteiger partial charge on any atom is 0.0950 e. The Balaban J connectivity index is 2.04. The van der Waals surface area contributed by atoms with Crippen molar-refractivity contribution in [1.82, 2.24) is 5.32 Å². The molecule has 0 amide bonds. The van der Waals surface area contributed by atoms with Crippen LogP contribution in [0.4, 0.5) is 0 Å². The van der Waals surface area contributed by atoms with Crippen LogP contribution < -0.4 is 5.32 Å². The number of hydrogen-bond acceptors (Lipinski definition) is 2. The predicted molar refractivity (Wildman–Crippen MR) is 47.8 cm³/mol. The summed E-state index contributed by atoms with van der Waals surface area (Å²) in [7, 11) is 0. The molecule has 2 nitrogen and oxygen atoms in total. The van der Waals surface area contributed by atoms with Crippen LogP contribution in [0, 0.1) is 5.92 Å². The number of furan rings is 1. The van der Waals surface area contributed by atoms with Crippen LogP contribution in [-0.4, -0.2) is 6.54 Å². The summed E-state index contributed by atoms with van der Waals surface area (Å²) in [5.74, 6) is 0.839. The second-order valence-electron chi connectivity index (χ2n) is 3.69. The second-order valence-corrected chi connectivity index (χ2v) is 3.69. The largest absolute Gasteiger partial charge is 0.472 e. The number of piperidine rings is 1. The summed E-state index contributed by atoms with van der Waals surface area (Å²) in [5.41, 5.74) is 1.29. The van der Waals surface area contributed by atoms with Crippen molar-refractivity contribution >= 4 is 0 Å². The summed E-state index contributed by atoms with van der Waals surface area (Å²) in [6.07, 6.45) is 6.12. The maximum atomic E-state index is 5.06. The van der Waals surface area contributed by atoms with Crippen LogP contribution in [0.5, 0.6) is 0 Å². The summed E-state index contributed by atoms with van der Waals surface area (Å²) in [5, 5.41) is 3.49. The molecule has 1 aliphatic rings. The number of nitrogens with one attached hydrogen (secondary N) is 1. The van der Waals surface area contributed by atoms with Gasteiger partial charge in [0.1, 0.15) is 0 Å². The maximum absolute atomic E-state index is 5.06. The number of rotatable bonds is 1. The second kappa shape index (κ2) is 3.31. The minimum absolute atomic E-state index is 0.521. The zero-order valence-electron chi connectivity index (χ0n) is 7.42. The summed E-state index contributed by atoms with van der Waals surface area (Å²) in [4.78, 5) is 0. The van der Waals surface area contributed by atoms with Gasteiger partial charge in [0, 0.05) is 11.6 Å². The standard InChI is InChI=1S/C10H15NO/c1-8-2-4-11-10(6-8)9-3-5-12-7-9/h3,5,7-8,10-11H,2,4,6H2,1H3. The third-order valence-electron chi connectivity index (χ3n) is 2.61. The van der Waals surface area contributed by atoms with E-state index in [0.717, 1.165) is 12.5 Å². The average Bonchev–Trinajstić information content (AvgIpc) is 2.56. The van der Waals surface area contributed by atoms with Crippen LogP contribution in [0.15, 0.2) is 23.0 Å². The van der Waals surface area contributed by atoms with E-state index in [1.807, 2.05) is 6.26 Å². The Hall–Kier alpha value is -0.760. The molecular formula is C10H15NO. The molecule has 66 valence electrons. The molecule has 12 heavy (non-hydrogen) atoms. The van der Waals surface area contributed by atoms with Gasteiger partial charge in [-0.05, 0) is 31.4 Å². The highest BCUT2D eigenvalue weighted by molar-refractivity contribution is 5.12. The molecule has 2 heterocycles. The smallest absolute Gasteiger partial charge is 0.0950 e. The molecule has 1 fully saturated rings. The molecule has 2 rings (SSSR count). The van der Waals surface area contributed by atoms with E-state index in [9.17, 15) is 0 Å². The third-order valence-corrected chi connectivity index (χ3v) is 2.61. The lowest BCUT2D eigenvalue weighted by molar-refractivity contribution is 0.324. The van der Waals surface area contributed by atoms with Crippen molar-refractivity contribution in [2.75, 3.05) is 6.54 Å². The van der Waals surface area contributed by atoms with Crippen molar-refractivity contribution in [1.29, 1.82) is 0 Å². The van der Waals surface area contributed by atoms with Crippen LogP contribution >= 0.6 is 0 Å². The Bertz CT molecular complexity index is 230. The van der Waals surface area contributed by atoms with Crippen molar-refractivity contribution < 1.29 is 4.42 Å². The first-order chi connectivity index (χ1) is 5.86. The Morgan fingerprint density at radius 1 is 1.58 bits per heavy atom. The normalized spacial score (nSPS) is 30.4. The molecule has 0 saturated carbocycles. The minimum Gasteiger partial charge on any atom is -0.472 e. The Morgan fingerprint density at radius 2 is 2.50 bits per heavy atom. The molecular weight excluding hydrogens is 150 g/mol. The van der Waals surface area contributed by atoms with Crippen LogP contribution in [0.3, 0.4) is 0 Å².